The molecule has 0 aliphatic carbocycles. The molecule has 1 unspecified atom stereocenters. The van der Waals surface area contributed by atoms with E-state index >= 15 is 0 Å². The van der Waals surface area contributed by atoms with E-state index in [0.717, 1.165) is 9.80 Å². The van der Waals surface area contributed by atoms with E-state index in [1.165, 1.54) is 0 Å². The number of hydrogen-bond acceptors (Lipinski definition) is 5. The van der Waals surface area contributed by atoms with Gasteiger partial charge in [-0.1, -0.05) is 0 Å². The van der Waals surface area contributed by atoms with Crippen LogP contribution in [-0.4, -0.2) is 63.2 Å². The SMILES string of the molecule is NCCS(=O)(=O)C(F)C(=O)N1C[C@@H]2CN(c3c(F)c(F)c(F)c(F)c3F)C[C@@H]2C1. The molecule has 1 aromatic carbocycles. The fourth-order valence-corrected chi connectivity index (χ4v) is 4.78. The van der Waals surface area contributed by atoms with Crippen LogP contribution >= 0.6 is 0 Å². The maximum Gasteiger partial charge on any atom is 0.278 e. The largest absolute Gasteiger partial charge is 0.366 e. The van der Waals surface area contributed by atoms with E-state index in [-0.39, 0.29) is 32.7 Å². The van der Waals surface area contributed by atoms with Crippen molar-refractivity contribution in [3.05, 3.63) is 29.1 Å². The van der Waals surface area contributed by atoms with Crippen molar-refractivity contribution in [2.45, 2.75) is 5.50 Å². The van der Waals surface area contributed by atoms with Crippen molar-refractivity contribution >= 4 is 21.4 Å². The summed E-state index contributed by atoms with van der Waals surface area (Å²) in [6.45, 7) is -0.835. The molecule has 29 heavy (non-hydrogen) atoms. The lowest BCUT2D eigenvalue weighted by Crippen LogP contribution is -2.42. The molecular formula is C16H17F6N3O3S. The van der Waals surface area contributed by atoms with Crippen LogP contribution in [0.5, 0.6) is 0 Å². The Morgan fingerprint density at radius 1 is 0.931 bits per heavy atom. The number of sulfone groups is 1. The number of benzene rings is 1. The van der Waals surface area contributed by atoms with Gasteiger partial charge in [-0.05, 0) is 0 Å². The van der Waals surface area contributed by atoms with Crippen LogP contribution in [0.3, 0.4) is 0 Å². The van der Waals surface area contributed by atoms with Crippen molar-refractivity contribution in [3.63, 3.8) is 0 Å². The molecule has 2 aliphatic rings. The predicted molar refractivity (Wildman–Crippen MR) is 89.7 cm³/mol. The number of amides is 1. The van der Waals surface area contributed by atoms with E-state index in [0.29, 0.717) is 0 Å². The van der Waals surface area contributed by atoms with Crippen molar-refractivity contribution in [2.75, 3.05) is 43.4 Å². The number of hydrogen-bond donors (Lipinski definition) is 1. The molecule has 0 bridgehead atoms. The molecule has 2 heterocycles. The van der Waals surface area contributed by atoms with Crippen molar-refractivity contribution in [1.82, 2.24) is 4.90 Å². The van der Waals surface area contributed by atoms with Gasteiger partial charge in [0, 0.05) is 44.6 Å². The minimum atomic E-state index is -4.36. The summed E-state index contributed by atoms with van der Waals surface area (Å²) in [6, 6.07) is 0. The summed E-state index contributed by atoms with van der Waals surface area (Å²) < 4.78 is 106. The highest BCUT2D eigenvalue weighted by Crippen LogP contribution is 2.38. The number of anilines is 1. The molecule has 0 spiro atoms. The number of alkyl halides is 1. The molecule has 0 saturated carbocycles. The Bertz CT molecular complexity index is 901. The van der Waals surface area contributed by atoms with Crippen LogP contribution in [0, 0.1) is 40.9 Å². The quantitative estimate of drug-likeness (QED) is 0.415. The van der Waals surface area contributed by atoms with Crippen molar-refractivity contribution in [2.24, 2.45) is 17.6 Å². The highest BCUT2D eigenvalue weighted by Gasteiger charge is 2.46. The van der Waals surface area contributed by atoms with Crippen LogP contribution < -0.4 is 10.6 Å². The summed E-state index contributed by atoms with van der Waals surface area (Å²) in [5.74, 6) is -13.1. The Balaban J connectivity index is 1.74. The summed E-state index contributed by atoms with van der Waals surface area (Å²) in [7, 11) is -4.36. The van der Waals surface area contributed by atoms with Gasteiger partial charge in [-0.15, -0.1) is 0 Å². The second-order valence-corrected chi connectivity index (χ2v) is 9.21. The van der Waals surface area contributed by atoms with E-state index in [1.54, 1.807) is 0 Å². The standard InChI is InChI=1S/C16H17F6N3O3S/c17-9-10(18)12(20)14(13(21)11(9)19)24-3-7-5-25(6-8(7)4-24)16(26)15(22)29(27,28)2-1-23/h7-8,15H,1-6,23H2/t7-,8+,15?. The third kappa shape index (κ3) is 3.65. The van der Waals surface area contributed by atoms with E-state index in [1.807, 2.05) is 0 Å². The van der Waals surface area contributed by atoms with Crippen LogP contribution in [-0.2, 0) is 14.6 Å². The molecule has 0 aromatic heterocycles. The fraction of sp³-hybridized carbons (Fsp3) is 0.562. The zero-order chi connectivity index (χ0) is 21.7. The molecule has 2 N–H and O–H groups in total. The summed E-state index contributed by atoms with van der Waals surface area (Å²) in [4.78, 5) is 14.1. The van der Waals surface area contributed by atoms with E-state index in [4.69, 9.17) is 5.73 Å². The smallest absolute Gasteiger partial charge is 0.278 e. The first kappa shape index (κ1) is 21.7. The maximum absolute atomic E-state index is 14.1. The maximum atomic E-state index is 14.1. The monoisotopic (exact) mass is 445 g/mol. The second kappa shape index (κ2) is 7.67. The lowest BCUT2D eigenvalue weighted by atomic mass is 10.0. The van der Waals surface area contributed by atoms with Crippen LogP contribution in [0.15, 0.2) is 0 Å². The first-order valence-corrected chi connectivity index (χ1v) is 10.3. The lowest BCUT2D eigenvalue weighted by Gasteiger charge is -2.25. The van der Waals surface area contributed by atoms with Gasteiger partial charge in [0.15, 0.2) is 33.1 Å². The van der Waals surface area contributed by atoms with Gasteiger partial charge in [0.1, 0.15) is 5.69 Å². The molecule has 2 fully saturated rings. The van der Waals surface area contributed by atoms with Crippen LogP contribution in [0.4, 0.5) is 32.0 Å². The topological polar surface area (TPSA) is 83.7 Å². The highest BCUT2D eigenvalue weighted by atomic mass is 32.2. The molecule has 0 radical (unpaired) electrons. The van der Waals surface area contributed by atoms with Gasteiger partial charge in [0.05, 0.1) is 5.75 Å². The number of rotatable bonds is 5. The number of carbonyl (C=O) groups excluding carboxylic acids is 1. The van der Waals surface area contributed by atoms with Gasteiger partial charge < -0.3 is 15.5 Å². The van der Waals surface area contributed by atoms with Crippen LogP contribution in [0.2, 0.25) is 0 Å². The van der Waals surface area contributed by atoms with Gasteiger partial charge in [-0.3, -0.25) is 4.79 Å². The Morgan fingerprint density at radius 2 is 1.38 bits per heavy atom. The minimum absolute atomic E-state index is 0.103. The first-order valence-electron chi connectivity index (χ1n) is 8.60. The summed E-state index contributed by atoms with van der Waals surface area (Å²) in [5.41, 5.74) is 1.27. The Morgan fingerprint density at radius 3 is 1.83 bits per heavy atom. The molecule has 3 rings (SSSR count). The molecule has 1 amide bonds. The van der Waals surface area contributed by atoms with Gasteiger partial charge in [-0.25, -0.2) is 34.8 Å². The summed E-state index contributed by atoms with van der Waals surface area (Å²) >= 11 is 0. The number of carbonyl (C=O) groups is 1. The van der Waals surface area contributed by atoms with Gasteiger partial charge >= 0.3 is 0 Å². The molecule has 162 valence electrons. The van der Waals surface area contributed by atoms with Gasteiger partial charge in [0.25, 0.3) is 11.4 Å². The third-order valence-corrected chi connectivity index (χ3v) is 6.85. The summed E-state index contributed by atoms with van der Waals surface area (Å²) in [6.07, 6.45) is 0. The molecule has 6 nitrogen and oxygen atoms in total. The van der Waals surface area contributed by atoms with Crippen LogP contribution in [0.25, 0.3) is 0 Å². The molecule has 2 saturated heterocycles. The number of nitrogens with two attached hydrogens (primary N) is 1. The lowest BCUT2D eigenvalue weighted by molar-refractivity contribution is -0.132. The second-order valence-electron chi connectivity index (χ2n) is 7.06. The number of likely N-dealkylation sites (tertiary alicyclic amines) is 1. The average molecular weight is 445 g/mol. The third-order valence-electron chi connectivity index (χ3n) is 5.21. The predicted octanol–water partition coefficient (Wildman–Crippen LogP) is 0.946. The first-order chi connectivity index (χ1) is 13.5. The minimum Gasteiger partial charge on any atom is -0.366 e. The van der Waals surface area contributed by atoms with Crippen molar-refractivity contribution < 1.29 is 39.6 Å². The average Bonchev–Trinajstić information content (AvgIpc) is 3.22. The molecule has 2 aliphatic heterocycles. The van der Waals surface area contributed by atoms with Crippen molar-refractivity contribution in [3.8, 4) is 0 Å². The van der Waals surface area contributed by atoms with Crippen LogP contribution in [0.1, 0.15) is 0 Å². The zero-order valence-corrected chi connectivity index (χ0v) is 15.7. The number of fused-ring (bicyclic) bond motifs is 1. The molecule has 1 aromatic rings. The molecule has 13 heteroatoms. The van der Waals surface area contributed by atoms with E-state index < -0.39 is 73.6 Å². The van der Waals surface area contributed by atoms with Gasteiger partial charge in [0.2, 0.25) is 5.82 Å². The Labute approximate surface area is 162 Å². The highest BCUT2D eigenvalue weighted by molar-refractivity contribution is 7.92. The van der Waals surface area contributed by atoms with Gasteiger partial charge in [-0.2, -0.15) is 0 Å². The Hall–Kier alpha value is -2.02. The number of halogens is 6. The fourth-order valence-electron chi connectivity index (χ4n) is 3.79. The van der Waals surface area contributed by atoms with E-state index in [9.17, 15) is 39.6 Å². The molecule has 3 atom stereocenters. The number of nitrogens with zero attached hydrogens (tertiary/aromatic N) is 2. The Kier molecular flexibility index (Phi) is 5.73. The summed E-state index contributed by atoms with van der Waals surface area (Å²) in [5, 5.41) is 0. The zero-order valence-electron chi connectivity index (χ0n) is 14.8. The molecular weight excluding hydrogens is 428 g/mol. The van der Waals surface area contributed by atoms with E-state index in [2.05, 4.69) is 0 Å². The van der Waals surface area contributed by atoms with Crippen molar-refractivity contribution in [1.29, 1.82) is 0 Å². The normalized spacial score (nSPS) is 22.9.